The summed E-state index contributed by atoms with van der Waals surface area (Å²) in [6.45, 7) is 0.167. The molecule has 7 rings (SSSR count). The third-order valence-corrected chi connectivity index (χ3v) is 11.7. The summed E-state index contributed by atoms with van der Waals surface area (Å²) in [5.41, 5.74) is 2.69. The molecule has 2 N–H and O–H groups in total. The highest BCUT2D eigenvalue weighted by Gasteiger charge is 2.76. The summed E-state index contributed by atoms with van der Waals surface area (Å²) < 4.78 is 5.92. The fourth-order valence-electron chi connectivity index (χ4n) is 7.75. The number of hydrogen-bond acceptors (Lipinski definition) is 7. The Kier molecular flexibility index (Phi) is 6.91. The third-order valence-electron chi connectivity index (χ3n) is 9.81. The summed E-state index contributed by atoms with van der Waals surface area (Å²) in [4.78, 5) is 53.9. The van der Waals surface area contributed by atoms with Crippen molar-refractivity contribution in [1.82, 2.24) is 9.80 Å². The Hall–Kier alpha value is -3.34. The fourth-order valence-corrected chi connectivity index (χ4v) is 9.19. The largest absolute Gasteiger partial charge is 0.508 e. The fraction of sp³-hybridized carbons (Fsp3) is 0.375. The highest BCUT2D eigenvalue weighted by atomic mass is 79.9. The summed E-state index contributed by atoms with van der Waals surface area (Å²) in [6, 6.07) is 11.3. The van der Waals surface area contributed by atoms with E-state index in [9.17, 15) is 29.4 Å². The summed E-state index contributed by atoms with van der Waals surface area (Å²) in [7, 11) is 0. The molecule has 3 fully saturated rings. The van der Waals surface area contributed by atoms with Gasteiger partial charge in [-0.15, -0.1) is 23.2 Å². The molecule has 9 nitrogen and oxygen atoms in total. The molecule has 228 valence electrons. The van der Waals surface area contributed by atoms with Crippen LogP contribution < -0.4 is 4.74 Å². The molecule has 5 aliphatic rings. The van der Waals surface area contributed by atoms with Gasteiger partial charge in [-0.2, -0.15) is 0 Å². The van der Waals surface area contributed by atoms with E-state index in [0.29, 0.717) is 28.9 Å². The number of carbonyl (C=O) groups is 4. The summed E-state index contributed by atoms with van der Waals surface area (Å²) in [5, 5.41) is 19.7. The van der Waals surface area contributed by atoms with Crippen molar-refractivity contribution in [3.8, 4) is 17.2 Å². The van der Waals surface area contributed by atoms with Crippen LogP contribution in [0.1, 0.15) is 24.0 Å². The number of allylic oxidation sites excluding steroid dienone is 3. The maximum Gasteiger partial charge on any atom is 0.254 e. The Morgan fingerprint density at radius 3 is 2.39 bits per heavy atom. The molecule has 2 aromatic carbocycles. The number of phenols is 2. The second kappa shape index (κ2) is 10.4. The topological polar surface area (TPSA) is 124 Å². The standard InChI is InChI=1S/C32H27BrCl2N2O7/c33-15-37-29(42)31(34)13-23-21(26(32(31,35)30(37)43)18-11-17-12-20(39)5-8-24(17)44-14-18)6-7-22-25(23)28(41)36(27(22)40)10-9-16-1-3-19(38)4-2-16/h1-6,8,12,14,22-23,25-26,38-39H,7,9-11,13,15H2/t22-,23+,25-,26-,31+,32-/m0/s1. The van der Waals surface area contributed by atoms with Crippen LogP contribution in [0.4, 0.5) is 0 Å². The van der Waals surface area contributed by atoms with E-state index in [1.165, 1.54) is 17.2 Å². The van der Waals surface area contributed by atoms with Crippen LogP contribution in [-0.2, 0) is 32.0 Å². The summed E-state index contributed by atoms with van der Waals surface area (Å²) in [6.07, 6.45) is 4.26. The zero-order valence-corrected chi connectivity index (χ0v) is 26.3. The monoisotopic (exact) mass is 700 g/mol. The Morgan fingerprint density at radius 2 is 1.66 bits per heavy atom. The molecule has 0 unspecified atom stereocenters. The van der Waals surface area contributed by atoms with E-state index in [1.807, 2.05) is 6.08 Å². The lowest BCUT2D eigenvalue weighted by atomic mass is 9.56. The number of aromatic hydroxyl groups is 2. The van der Waals surface area contributed by atoms with E-state index in [-0.39, 0.29) is 54.6 Å². The lowest BCUT2D eigenvalue weighted by Gasteiger charge is -2.51. The number of phenolic OH excluding ortho intramolecular Hbond substituents is 2. The molecule has 0 radical (unpaired) electrons. The second-order valence-corrected chi connectivity index (χ2v) is 13.8. The Morgan fingerprint density at radius 1 is 0.932 bits per heavy atom. The quantitative estimate of drug-likeness (QED) is 0.205. The van der Waals surface area contributed by atoms with Crippen molar-refractivity contribution in [3.63, 3.8) is 0 Å². The van der Waals surface area contributed by atoms with Gasteiger partial charge in [0, 0.05) is 24.4 Å². The van der Waals surface area contributed by atoms with E-state index in [4.69, 9.17) is 27.9 Å². The predicted octanol–water partition coefficient (Wildman–Crippen LogP) is 4.40. The van der Waals surface area contributed by atoms with Crippen LogP contribution in [0, 0.1) is 23.7 Å². The first-order chi connectivity index (χ1) is 21.0. The summed E-state index contributed by atoms with van der Waals surface area (Å²) in [5.74, 6) is -4.16. The zero-order valence-electron chi connectivity index (χ0n) is 23.2. The van der Waals surface area contributed by atoms with Gasteiger partial charge in [-0.1, -0.05) is 39.7 Å². The van der Waals surface area contributed by atoms with Crippen molar-refractivity contribution in [1.29, 1.82) is 0 Å². The number of rotatable bonds is 5. The number of benzene rings is 2. The molecule has 3 aliphatic heterocycles. The number of fused-ring (bicyclic) bond motifs is 5. The van der Waals surface area contributed by atoms with E-state index in [2.05, 4.69) is 15.9 Å². The van der Waals surface area contributed by atoms with E-state index < -0.39 is 45.2 Å². The van der Waals surface area contributed by atoms with Crippen molar-refractivity contribution in [3.05, 3.63) is 77.1 Å². The molecular weight excluding hydrogens is 675 g/mol. The van der Waals surface area contributed by atoms with Crippen LogP contribution in [0.2, 0.25) is 0 Å². The lowest BCUT2D eigenvalue weighted by Crippen LogP contribution is -2.61. The zero-order chi connectivity index (χ0) is 31.1. The van der Waals surface area contributed by atoms with Gasteiger partial charge in [-0.3, -0.25) is 29.0 Å². The highest BCUT2D eigenvalue weighted by molar-refractivity contribution is 9.09. The minimum Gasteiger partial charge on any atom is -0.508 e. The maximum atomic E-state index is 14.0. The molecule has 1 saturated carbocycles. The molecule has 0 bridgehead atoms. The molecular formula is C32H27BrCl2N2O7. The van der Waals surface area contributed by atoms with Gasteiger partial charge in [0.15, 0.2) is 9.75 Å². The molecule has 2 aliphatic carbocycles. The number of carbonyl (C=O) groups excluding carboxylic acids is 4. The van der Waals surface area contributed by atoms with Crippen LogP contribution in [0.5, 0.6) is 17.2 Å². The number of nitrogens with zero attached hydrogens (tertiary/aromatic N) is 2. The van der Waals surface area contributed by atoms with E-state index in [1.54, 1.807) is 36.4 Å². The van der Waals surface area contributed by atoms with Crippen LogP contribution in [0.3, 0.4) is 0 Å². The van der Waals surface area contributed by atoms with Crippen molar-refractivity contribution in [2.45, 2.75) is 35.4 Å². The molecule has 0 spiro atoms. The van der Waals surface area contributed by atoms with Crippen LogP contribution in [-0.4, -0.2) is 65.4 Å². The van der Waals surface area contributed by atoms with Crippen molar-refractivity contribution >= 4 is 62.8 Å². The maximum absolute atomic E-state index is 14.0. The first-order valence-electron chi connectivity index (χ1n) is 14.3. The molecule has 44 heavy (non-hydrogen) atoms. The average molecular weight is 702 g/mol. The van der Waals surface area contributed by atoms with Gasteiger partial charge in [-0.25, -0.2) is 0 Å². The van der Waals surface area contributed by atoms with Gasteiger partial charge >= 0.3 is 0 Å². The Balaban J connectivity index is 1.28. The number of imide groups is 2. The van der Waals surface area contributed by atoms with Gasteiger partial charge in [-0.05, 0) is 66.6 Å². The SMILES string of the molecule is O=C1[C@H]2[C@H](CC=C3[C@H](C4=COc5ccc(O)cc5C4)[C@]4(Cl)C(=O)N(CBr)C(=O)[C@]4(Cl)C[C@H]32)C(=O)N1CCc1ccc(O)cc1. The van der Waals surface area contributed by atoms with Crippen LogP contribution >= 0.6 is 39.1 Å². The Bertz CT molecular complexity index is 1690. The predicted molar refractivity (Wildman–Crippen MR) is 163 cm³/mol. The number of likely N-dealkylation sites (tertiary alicyclic amines) is 2. The van der Waals surface area contributed by atoms with E-state index >= 15 is 0 Å². The smallest absolute Gasteiger partial charge is 0.254 e. The number of alkyl halides is 3. The summed E-state index contributed by atoms with van der Waals surface area (Å²) >= 11 is 17.8. The average Bonchev–Trinajstić information content (AvgIpc) is 3.33. The molecule has 2 saturated heterocycles. The number of halogens is 3. The molecule has 4 amide bonds. The van der Waals surface area contributed by atoms with Gasteiger partial charge in [0.05, 0.1) is 23.6 Å². The Labute approximate surface area is 271 Å². The molecule has 3 heterocycles. The van der Waals surface area contributed by atoms with Crippen LogP contribution in [0.15, 0.2) is 65.9 Å². The second-order valence-electron chi connectivity index (χ2n) is 12.0. The molecule has 12 heteroatoms. The number of ether oxygens (including phenoxy) is 1. The van der Waals surface area contributed by atoms with Gasteiger partial charge in [0.2, 0.25) is 11.8 Å². The van der Waals surface area contributed by atoms with Gasteiger partial charge < -0.3 is 14.9 Å². The van der Waals surface area contributed by atoms with Crippen molar-refractivity contribution < 1.29 is 34.1 Å². The molecule has 0 aromatic heterocycles. The number of amides is 4. The molecule has 6 atom stereocenters. The lowest BCUT2D eigenvalue weighted by molar-refractivity contribution is -0.141. The van der Waals surface area contributed by atoms with Crippen molar-refractivity contribution in [2.24, 2.45) is 23.7 Å². The first kappa shape index (κ1) is 29.4. The van der Waals surface area contributed by atoms with Gasteiger partial charge in [0.1, 0.15) is 17.2 Å². The van der Waals surface area contributed by atoms with Crippen LogP contribution in [0.25, 0.3) is 0 Å². The van der Waals surface area contributed by atoms with Crippen molar-refractivity contribution in [2.75, 3.05) is 12.0 Å². The minimum absolute atomic E-state index is 0.0437. The van der Waals surface area contributed by atoms with E-state index in [0.717, 1.165) is 10.5 Å². The van der Waals surface area contributed by atoms with Gasteiger partial charge in [0.25, 0.3) is 11.8 Å². The minimum atomic E-state index is -1.91. The molecule has 2 aromatic rings. The third kappa shape index (κ3) is 4.03. The highest BCUT2D eigenvalue weighted by Crippen LogP contribution is 2.64. The normalized spacial score (nSPS) is 32.4. The first-order valence-corrected chi connectivity index (χ1v) is 16.2. The number of hydrogen-bond donors (Lipinski definition) is 2.